The molecule has 3 aliphatic rings. The normalized spacial score (nSPS) is 23.0. The summed E-state index contributed by atoms with van der Waals surface area (Å²) in [6, 6.07) is 2.40. The minimum atomic E-state index is -5.02. The third-order valence-electron chi connectivity index (χ3n) is 8.22. The van der Waals surface area contributed by atoms with Crippen LogP contribution in [0, 0.1) is 11.6 Å². The van der Waals surface area contributed by atoms with E-state index in [1.165, 1.54) is 0 Å². The highest BCUT2D eigenvalue weighted by molar-refractivity contribution is 7.22. The molecule has 0 saturated carbocycles. The standard InChI is InChI=1S/C27H24F6N6O2S/c28-12-7-26(4-1-5-39(26)10-12)11-40-25-37-20-15(23(38-25)41-13-8-35-9-13)6-16(27(31,32)33)18(19(20)30)14-2-3-17(29)22-21(14)36-24(34)42-22/h2-3,6,12-13,35H,1,4-5,7-11H2,(H2,34,36)/t12-,26+/m1/s1. The van der Waals surface area contributed by atoms with Gasteiger partial charge >= 0.3 is 12.2 Å². The summed E-state index contributed by atoms with van der Waals surface area (Å²) >= 11 is 0.742. The van der Waals surface area contributed by atoms with Crippen LogP contribution in [0.15, 0.2) is 18.2 Å². The van der Waals surface area contributed by atoms with E-state index in [1.807, 2.05) is 4.90 Å². The molecule has 15 heteroatoms. The fourth-order valence-corrected chi connectivity index (χ4v) is 6.93. The van der Waals surface area contributed by atoms with E-state index in [0.29, 0.717) is 19.5 Å². The van der Waals surface area contributed by atoms with Crippen molar-refractivity contribution in [3.05, 3.63) is 35.4 Å². The fourth-order valence-electron chi connectivity index (χ4n) is 6.17. The number of nitrogen functional groups attached to an aromatic ring is 1. The van der Waals surface area contributed by atoms with Gasteiger partial charge in [-0.25, -0.2) is 18.2 Å². The number of ether oxygens (including phenoxy) is 2. The molecule has 8 nitrogen and oxygen atoms in total. The second-order valence-electron chi connectivity index (χ2n) is 10.9. The first-order valence-electron chi connectivity index (χ1n) is 13.4. The van der Waals surface area contributed by atoms with Gasteiger partial charge in [-0.3, -0.25) is 4.90 Å². The minimum Gasteiger partial charge on any atom is -0.471 e. The first kappa shape index (κ1) is 27.4. The van der Waals surface area contributed by atoms with Crippen LogP contribution in [-0.4, -0.2) is 70.5 Å². The molecule has 3 aliphatic heterocycles. The molecule has 2 aromatic carbocycles. The Morgan fingerprint density at radius 2 is 1.95 bits per heavy atom. The number of nitrogens with one attached hydrogen (secondary N) is 1. The second-order valence-corrected chi connectivity index (χ2v) is 11.9. The molecule has 222 valence electrons. The highest BCUT2D eigenvalue weighted by Gasteiger charge is 2.49. The van der Waals surface area contributed by atoms with Gasteiger partial charge in [0.15, 0.2) is 10.9 Å². The van der Waals surface area contributed by atoms with Gasteiger partial charge < -0.3 is 20.5 Å². The first-order valence-corrected chi connectivity index (χ1v) is 14.2. The van der Waals surface area contributed by atoms with Crippen LogP contribution in [0.5, 0.6) is 11.9 Å². The molecule has 0 spiro atoms. The molecule has 3 N–H and O–H groups in total. The number of halogens is 6. The third kappa shape index (κ3) is 4.48. The lowest BCUT2D eigenvalue weighted by molar-refractivity contribution is -0.137. The van der Waals surface area contributed by atoms with Gasteiger partial charge in [-0.05, 0) is 37.6 Å². The van der Waals surface area contributed by atoms with Crippen LogP contribution >= 0.6 is 11.3 Å². The van der Waals surface area contributed by atoms with Gasteiger partial charge in [-0.1, -0.05) is 11.3 Å². The van der Waals surface area contributed by atoms with Crippen LogP contribution in [0.4, 0.5) is 31.5 Å². The predicted molar refractivity (Wildman–Crippen MR) is 143 cm³/mol. The van der Waals surface area contributed by atoms with Crippen molar-refractivity contribution in [3.63, 3.8) is 0 Å². The SMILES string of the molecule is Nc1nc2c(-c3c(C(F)(F)F)cc4c(OC5CNC5)nc(OC[C@@]56CCCN5C[C@H](F)C6)nc4c3F)ccc(F)c2s1. The third-order valence-corrected chi connectivity index (χ3v) is 9.11. The number of anilines is 1. The molecule has 0 unspecified atom stereocenters. The molecule has 3 saturated heterocycles. The largest absolute Gasteiger partial charge is 0.471 e. The highest BCUT2D eigenvalue weighted by Crippen LogP contribution is 2.46. The number of rotatable bonds is 6. The van der Waals surface area contributed by atoms with Gasteiger partial charge in [0.05, 0.1) is 26.7 Å². The summed E-state index contributed by atoms with van der Waals surface area (Å²) in [6.45, 7) is 1.87. The van der Waals surface area contributed by atoms with Crippen molar-refractivity contribution in [1.29, 1.82) is 0 Å². The number of aromatic nitrogens is 3. The molecule has 2 aromatic heterocycles. The summed E-state index contributed by atoms with van der Waals surface area (Å²) in [4.78, 5) is 14.4. The molecular weight excluding hydrogens is 586 g/mol. The molecule has 0 amide bonds. The second kappa shape index (κ2) is 9.81. The van der Waals surface area contributed by atoms with Crippen LogP contribution in [0.2, 0.25) is 0 Å². The van der Waals surface area contributed by atoms with E-state index < -0.39 is 52.3 Å². The van der Waals surface area contributed by atoms with Gasteiger partial charge in [0.25, 0.3) is 0 Å². The monoisotopic (exact) mass is 610 g/mol. The number of thiazole rings is 1. The van der Waals surface area contributed by atoms with Crippen LogP contribution < -0.4 is 20.5 Å². The van der Waals surface area contributed by atoms with Crippen molar-refractivity contribution in [2.45, 2.75) is 43.3 Å². The Bertz CT molecular complexity index is 1710. The van der Waals surface area contributed by atoms with Crippen molar-refractivity contribution in [3.8, 4) is 23.0 Å². The fraction of sp³-hybridized carbons (Fsp3) is 0.444. The average Bonchev–Trinajstić information content (AvgIpc) is 3.57. The Morgan fingerprint density at radius 1 is 1.14 bits per heavy atom. The highest BCUT2D eigenvalue weighted by atomic mass is 32.1. The van der Waals surface area contributed by atoms with Crippen molar-refractivity contribution in [2.75, 3.05) is 38.5 Å². The molecule has 3 fully saturated rings. The van der Waals surface area contributed by atoms with E-state index in [-0.39, 0.29) is 57.8 Å². The van der Waals surface area contributed by atoms with E-state index in [2.05, 4.69) is 20.3 Å². The zero-order chi connectivity index (χ0) is 29.4. The van der Waals surface area contributed by atoms with Gasteiger partial charge in [-0.2, -0.15) is 23.1 Å². The molecule has 4 aromatic rings. The smallest absolute Gasteiger partial charge is 0.417 e. The maximum Gasteiger partial charge on any atom is 0.417 e. The zero-order valence-corrected chi connectivity index (χ0v) is 22.7. The molecule has 0 bridgehead atoms. The molecule has 5 heterocycles. The Labute approximate surface area is 238 Å². The summed E-state index contributed by atoms with van der Waals surface area (Å²) in [5.74, 6) is -2.34. The van der Waals surface area contributed by atoms with Crippen LogP contribution in [0.1, 0.15) is 24.8 Å². The summed E-state index contributed by atoms with van der Waals surface area (Å²) in [5.41, 5.74) is 2.01. The molecular formula is C27H24F6N6O2S. The van der Waals surface area contributed by atoms with Crippen molar-refractivity contribution in [2.24, 2.45) is 0 Å². The van der Waals surface area contributed by atoms with Crippen LogP contribution in [-0.2, 0) is 6.18 Å². The molecule has 7 rings (SSSR count). The minimum absolute atomic E-state index is 0.0230. The van der Waals surface area contributed by atoms with E-state index in [0.717, 1.165) is 42.5 Å². The molecule has 0 radical (unpaired) electrons. The van der Waals surface area contributed by atoms with E-state index in [1.54, 1.807) is 0 Å². The lowest BCUT2D eigenvalue weighted by atomic mass is 9.95. The number of fused-ring (bicyclic) bond motifs is 3. The van der Waals surface area contributed by atoms with Gasteiger partial charge in [-0.15, -0.1) is 0 Å². The first-order chi connectivity index (χ1) is 20.0. The summed E-state index contributed by atoms with van der Waals surface area (Å²) < 4.78 is 100. The number of nitrogens with two attached hydrogens (primary N) is 1. The lowest BCUT2D eigenvalue weighted by Crippen LogP contribution is -2.50. The number of alkyl halides is 4. The van der Waals surface area contributed by atoms with Gasteiger partial charge in [0.2, 0.25) is 5.88 Å². The Hall–Kier alpha value is -3.43. The summed E-state index contributed by atoms with van der Waals surface area (Å²) in [6.07, 6.45) is -4.61. The molecule has 0 aliphatic carbocycles. The summed E-state index contributed by atoms with van der Waals surface area (Å²) in [7, 11) is 0. The van der Waals surface area contributed by atoms with Crippen LogP contribution in [0.25, 0.3) is 32.2 Å². The Kier molecular flexibility index (Phi) is 6.40. The quantitative estimate of drug-likeness (QED) is 0.292. The molecule has 42 heavy (non-hydrogen) atoms. The number of nitrogens with zero attached hydrogens (tertiary/aromatic N) is 4. The van der Waals surface area contributed by atoms with Gasteiger partial charge in [0.1, 0.15) is 30.2 Å². The van der Waals surface area contributed by atoms with Crippen molar-refractivity contribution < 1.29 is 35.8 Å². The van der Waals surface area contributed by atoms with Crippen LogP contribution in [0.3, 0.4) is 0 Å². The van der Waals surface area contributed by atoms with Gasteiger partial charge in [0, 0.05) is 37.2 Å². The summed E-state index contributed by atoms with van der Waals surface area (Å²) in [5, 5.41) is 2.61. The Morgan fingerprint density at radius 3 is 2.69 bits per heavy atom. The van der Waals surface area contributed by atoms with E-state index in [9.17, 15) is 22.0 Å². The number of benzene rings is 2. The Balaban J connectivity index is 1.40. The van der Waals surface area contributed by atoms with E-state index in [4.69, 9.17) is 15.2 Å². The average molecular weight is 611 g/mol. The maximum atomic E-state index is 16.5. The number of hydrogen-bond donors (Lipinski definition) is 2. The lowest BCUT2D eigenvalue weighted by Gasteiger charge is -2.31. The maximum absolute atomic E-state index is 16.5. The number of hydrogen-bond acceptors (Lipinski definition) is 9. The van der Waals surface area contributed by atoms with E-state index >= 15 is 4.39 Å². The van der Waals surface area contributed by atoms with Crippen molar-refractivity contribution >= 4 is 37.6 Å². The van der Waals surface area contributed by atoms with Crippen molar-refractivity contribution in [1.82, 2.24) is 25.2 Å². The predicted octanol–water partition coefficient (Wildman–Crippen LogP) is 5.09. The zero-order valence-electron chi connectivity index (χ0n) is 21.9. The topological polar surface area (TPSA) is 98.4 Å². The molecule has 2 atom stereocenters.